The summed E-state index contributed by atoms with van der Waals surface area (Å²) in [6.45, 7) is 0.548. The number of hydrogen-bond acceptors (Lipinski definition) is 5. The Labute approximate surface area is 164 Å². The van der Waals surface area contributed by atoms with E-state index in [9.17, 15) is 9.59 Å². The lowest BCUT2D eigenvalue weighted by molar-refractivity contribution is 0.102. The monoisotopic (exact) mass is 399 g/mol. The number of amides is 1. The first-order valence-electron chi connectivity index (χ1n) is 8.18. The van der Waals surface area contributed by atoms with E-state index in [1.54, 1.807) is 30.3 Å². The van der Waals surface area contributed by atoms with Crippen molar-refractivity contribution in [1.82, 2.24) is 9.55 Å². The van der Waals surface area contributed by atoms with Crippen molar-refractivity contribution >= 4 is 35.0 Å². The molecule has 27 heavy (non-hydrogen) atoms. The van der Waals surface area contributed by atoms with Gasteiger partial charge in [-0.3, -0.25) is 14.2 Å². The Morgan fingerprint density at radius 3 is 2.85 bits per heavy atom. The number of nitrogens with zero attached hydrogens (tertiary/aromatic N) is 2. The van der Waals surface area contributed by atoms with Crippen LogP contribution in [-0.2, 0) is 6.54 Å². The zero-order chi connectivity index (χ0) is 18.8. The molecule has 2 aromatic carbocycles. The van der Waals surface area contributed by atoms with Gasteiger partial charge in [-0.05, 0) is 30.3 Å². The fraction of sp³-hybridized carbons (Fsp3) is 0.105. The maximum Gasteiger partial charge on any atom is 0.267 e. The van der Waals surface area contributed by atoms with Crippen LogP contribution in [0.15, 0.2) is 64.7 Å². The van der Waals surface area contributed by atoms with Gasteiger partial charge in [-0.25, -0.2) is 4.98 Å². The van der Waals surface area contributed by atoms with Crippen LogP contribution in [-0.4, -0.2) is 21.2 Å². The molecule has 1 amide bonds. The van der Waals surface area contributed by atoms with E-state index >= 15 is 0 Å². The maximum atomic E-state index is 12.7. The molecule has 1 aliphatic rings. The molecule has 0 saturated heterocycles. The Balaban J connectivity index is 1.63. The SMILES string of the molecule is O=C(Nc1cc(Cl)ccc1Oc1ccccc1)c1cnc2n(c1=O)CCS2. The summed E-state index contributed by atoms with van der Waals surface area (Å²) in [5.74, 6) is 1.26. The minimum Gasteiger partial charge on any atom is -0.455 e. The zero-order valence-corrected chi connectivity index (χ0v) is 15.6. The van der Waals surface area contributed by atoms with Crippen molar-refractivity contribution in [2.45, 2.75) is 11.7 Å². The molecule has 0 spiro atoms. The zero-order valence-electron chi connectivity index (χ0n) is 14.0. The molecule has 0 bridgehead atoms. The highest BCUT2D eigenvalue weighted by Crippen LogP contribution is 2.32. The molecule has 1 aliphatic heterocycles. The number of para-hydroxylation sites is 1. The molecule has 8 heteroatoms. The minimum absolute atomic E-state index is 0.0214. The number of nitrogens with one attached hydrogen (secondary N) is 1. The molecule has 0 radical (unpaired) electrons. The van der Waals surface area contributed by atoms with Crippen LogP contribution in [0.25, 0.3) is 0 Å². The summed E-state index contributed by atoms with van der Waals surface area (Å²) >= 11 is 7.56. The van der Waals surface area contributed by atoms with Crippen LogP contribution in [0, 0.1) is 0 Å². The van der Waals surface area contributed by atoms with Gasteiger partial charge in [-0.1, -0.05) is 41.6 Å². The molecule has 6 nitrogen and oxygen atoms in total. The molecule has 3 aromatic rings. The Hall–Kier alpha value is -2.77. The predicted molar refractivity (Wildman–Crippen MR) is 105 cm³/mol. The quantitative estimate of drug-likeness (QED) is 0.670. The van der Waals surface area contributed by atoms with Crippen LogP contribution >= 0.6 is 23.4 Å². The van der Waals surface area contributed by atoms with Crippen molar-refractivity contribution in [3.8, 4) is 11.5 Å². The van der Waals surface area contributed by atoms with Gasteiger partial charge in [0.15, 0.2) is 10.9 Å². The van der Waals surface area contributed by atoms with E-state index in [0.717, 1.165) is 5.75 Å². The van der Waals surface area contributed by atoms with E-state index in [2.05, 4.69) is 10.3 Å². The average molecular weight is 400 g/mol. The average Bonchev–Trinajstić information content (AvgIpc) is 3.15. The molecular formula is C19H14ClN3O3S. The van der Waals surface area contributed by atoms with E-state index in [0.29, 0.717) is 33.9 Å². The topological polar surface area (TPSA) is 73.2 Å². The number of ether oxygens (including phenoxy) is 1. The van der Waals surface area contributed by atoms with Gasteiger partial charge >= 0.3 is 0 Å². The molecule has 0 saturated carbocycles. The van der Waals surface area contributed by atoms with Crippen molar-refractivity contribution < 1.29 is 9.53 Å². The van der Waals surface area contributed by atoms with Crippen LogP contribution in [0.4, 0.5) is 5.69 Å². The number of anilines is 1. The van der Waals surface area contributed by atoms with Gasteiger partial charge in [0.1, 0.15) is 11.3 Å². The third-order valence-corrected chi connectivity index (χ3v) is 5.17. The van der Waals surface area contributed by atoms with Crippen LogP contribution in [0.2, 0.25) is 5.02 Å². The molecule has 2 heterocycles. The van der Waals surface area contributed by atoms with Crippen molar-refractivity contribution in [2.75, 3.05) is 11.1 Å². The van der Waals surface area contributed by atoms with Crippen molar-refractivity contribution in [3.05, 3.63) is 75.7 Å². The lowest BCUT2D eigenvalue weighted by atomic mass is 10.2. The summed E-state index contributed by atoms with van der Waals surface area (Å²) in [5.41, 5.74) is -0.00225. The Bertz CT molecular complexity index is 1070. The van der Waals surface area contributed by atoms with E-state index in [4.69, 9.17) is 16.3 Å². The second-order valence-corrected chi connectivity index (χ2v) is 7.27. The number of thioether (sulfide) groups is 1. The molecule has 0 fully saturated rings. The third-order valence-electron chi connectivity index (χ3n) is 3.96. The van der Waals surface area contributed by atoms with Crippen LogP contribution in [0.1, 0.15) is 10.4 Å². The number of carbonyl (C=O) groups excluding carboxylic acids is 1. The fourth-order valence-electron chi connectivity index (χ4n) is 2.67. The first-order valence-corrected chi connectivity index (χ1v) is 9.54. The molecule has 0 aliphatic carbocycles. The highest BCUT2D eigenvalue weighted by Gasteiger charge is 2.21. The van der Waals surface area contributed by atoms with Gasteiger partial charge in [-0.2, -0.15) is 0 Å². The number of rotatable bonds is 4. The summed E-state index contributed by atoms with van der Waals surface area (Å²) in [6, 6.07) is 14.1. The summed E-state index contributed by atoms with van der Waals surface area (Å²) < 4.78 is 7.34. The summed E-state index contributed by atoms with van der Waals surface area (Å²) in [6.07, 6.45) is 1.31. The molecule has 1 aromatic heterocycles. The van der Waals surface area contributed by atoms with Crippen LogP contribution in [0.5, 0.6) is 11.5 Å². The van der Waals surface area contributed by atoms with Gasteiger partial charge in [0.25, 0.3) is 11.5 Å². The third kappa shape index (κ3) is 3.70. The van der Waals surface area contributed by atoms with Crippen LogP contribution in [0.3, 0.4) is 0 Å². The second kappa shape index (κ2) is 7.46. The minimum atomic E-state index is -0.556. The normalized spacial score (nSPS) is 12.5. The second-order valence-electron chi connectivity index (χ2n) is 5.77. The first-order chi connectivity index (χ1) is 13.1. The fourth-order valence-corrected chi connectivity index (χ4v) is 3.75. The molecule has 136 valence electrons. The molecular weight excluding hydrogens is 386 g/mol. The van der Waals surface area contributed by atoms with Gasteiger partial charge in [0.05, 0.1) is 5.69 Å². The van der Waals surface area contributed by atoms with Crippen molar-refractivity contribution in [1.29, 1.82) is 0 Å². The largest absolute Gasteiger partial charge is 0.455 e. The van der Waals surface area contributed by atoms with Crippen molar-refractivity contribution in [3.63, 3.8) is 0 Å². The Morgan fingerprint density at radius 2 is 2.04 bits per heavy atom. The Morgan fingerprint density at radius 1 is 1.22 bits per heavy atom. The van der Waals surface area contributed by atoms with Crippen molar-refractivity contribution in [2.24, 2.45) is 0 Å². The van der Waals surface area contributed by atoms with Gasteiger partial charge in [0, 0.05) is 23.5 Å². The van der Waals surface area contributed by atoms with Gasteiger partial charge < -0.3 is 10.1 Å². The van der Waals surface area contributed by atoms with Crippen LogP contribution < -0.4 is 15.6 Å². The molecule has 4 rings (SSSR count). The molecule has 0 unspecified atom stereocenters. The summed E-state index contributed by atoms with van der Waals surface area (Å²) in [4.78, 5) is 29.4. The number of benzene rings is 2. The number of hydrogen-bond donors (Lipinski definition) is 1. The summed E-state index contributed by atoms with van der Waals surface area (Å²) in [7, 11) is 0. The lowest BCUT2D eigenvalue weighted by Crippen LogP contribution is -2.29. The first kappa shape index (κ1) is 17.6. The van der Waals surface area contributed by atoms with E-state index in [1.807, 2.05) is 18.2 Å². The number of fused-ring (bicyclic) bond motifs is 1. The van der Waals surface area contributed by atoms with E-state index in [-0.39, 0.29) is 11.1 Å². The number of aromatic nitrogens is 2. The highest BCUT2D eigenvalue weighted by atomic mass is 35.5. The van der Waals surface area contributed by atoms with E-state index in [1.165, 1.54) is 22.5 Å². The lowest BCUT2D eigenvalue weighted by Gasteiger charge is -2.13. The molecule has 0 atom stereocenters. The highest BCUT2D eigenvalue weighted by molar-refractivity contribution is 7.99. The number of carbonyl (C=O) groups is 1. The predicted octanol–water partition coefficient (Wildman–Crippen LogP) is 4.05. The molecule has 1 N–H and O–H groups in total. The number of halogens is 1. The standard InChI is InChI=1S/C19H14ClN3O3S/c20-12-6-7-16(26-13-4-2-1-3-5-13)15(10-12)22-17(24)14-11-21-19-23(18(14)25)8-9-27-19/h1-7,10-11H,8-9H2,(H,22,24). The van der Waals surface area contributed by atoms with Gasteiger partial charge in [-0.15, -0.1) is 0 Å². The smallest absolute Gasteiger partial charge is 0.267 e. The van der Waals surface area contributed by atoms with Gasteiger partial charge in [0.2, 0.25) is 0 Å². The Kier molecular flexibility index (Phi) is 4.87. The van der Waals surface area contributed by atoms with E-state index < -0.39 is 5.91 Å². The maximum absolute atomic E-state index is 12.7. The summed E-state index contributed by atoms with van der Waals surface area (Å²) in [5, 5.41) is 3.78.